The zero-order valence-corrected chi connectivity index (χ0v) is 16.7. The van der Waals surface area contributed by atoms with Crippen molar-refractivity contribution in [3.8, 4) is 5.75 Å². The van der Waals surface area contributed by atoms with Crippen molar-refractivity contribution in [3.05, 3.63) is 72.3 Å². The number of amides is 2. The van der Waals surface area contributed by atoms with Crippen molar-refractivity contribution < 1.29 is 23.9 Å². The number of anilines is 1. The van der Waals surface area contributed by atoms with Crippen molar-refractivity contribution in [3.63, 3.8) is 0 Å². The minimum atomic E-state index is -1.02. The largest absolute Gasteiger partial charge is 0.497 e. The summed E-state index contributed by atoms with van der Waals surface area (Å²) in [5.74, 6) is -1.09. The van der Waals surface area contributed by atoms with Gasteiger partial charge in [0.05, 0.1) is 7.11 Å². The predicted molar refractivity (Wildman–Crippen MR) is 113 cm³/mol. The Bertz CT molecular complexity index is 1070. The maximum atomic E-state index is 12.4. The first kappa shape index (κ1) is 20.9. The van der Waals surface area contributed by atoms with E-state index >= 15 is 0 Å². The van der Waals surface area contributed by atoms with E-state index in [1.165, 1.54) is 14.0 Å². The summed E-state index contributed by atoms with van der Waals surface area (Å²) in [6.07, 6.45) is -1.02. The Labute approximate surface area is 174 Å². The highest BCUT2D eigenvalue weighted by Gasteiger charge is 2.19. The Balaban J connectivity index is 1.53. The van der Waals surface area contributed by atoms with E-state index in [1.54, 1.807) is 30.3 Å². The van der Waals surface area contributed by atoms with Gasteiger partial charge in [-0.15, -0.1) is 0 Å². The summed E-state index contributed by atoms with van der Waals surface area (Å²) in [4.78, 5) is 36.6. The summed E-state index contributed by atoms with van der Waals surface area (Å²) in [5, 5.41) is 7.12. The van der Waals surface area contributed by atoms with E-state index in [9.17, 15) is 14.4 Å². The molecule has 2 N–H and O–H groups in total. The van der Waals surface area contributed by atoms with Gasteiger partial charge in [-0.2, -0.15) is 0 Å². The second-order valence-corrected chi connectivity index (χ2v) is 6.56. The lowest BCUT2D eigenvalue weighted by Gasteiger charge is -2.15. The third-order valence-corrected chi connectivity index (χ3v) is 4.45. The van der Waals surface area contributed by atoms with Crippen LogP contribution < -0.4 is 15.4 Å². The van der Waals surface area contributed by atoms with E-state index < -0.39 is 23.9 Å². The molecule has 0 spiro atoms. The molecule has 0 unspecified atom stereocenters. The van der Waals surface area contributed by atoms with E-state index in [0.29, 0.717) is 17.0 Å². The molecule has 30 heavy (non-hydrogen) atoms. The number of fused-ring (bicyclic) bond motifs is 1. The molecule has 3 aromatic carbocycles. The molecule has 0 aliphatic rings. The van der Waals surface area contributed by atoms with Crippen LogP contribution in [-0.4, -0.2) is 37.5 Å². The van der Waals surface area contributed by atoms with Crippen LogP contribution in [0.15, 0.2) is 66.7 Å². The van der Waals surface area contributed by atoms with Crippen molar-refractivity contribution in [2.45, 2.75) is 13.0 Å². The average molecular weight is 406 g/mol. The molecular weight excluding hydrogens is 384 g/mol. The molecule has 7 heteroatoms. The quantitative estimate of drug-likeness (QED) is 0.588. The standard InChI is InChI=1S/C23H22N2O5/c1-15(22(27)25-20-12-6-8-16-7-3-4-11-19(16)20)30-21(26)14-24-23(28)17-9-5-10-18(13-17)29-2/h3-13,15H,14H2,1-2H3,(H,24,28)(H,25,27)/t15-/m0/s1. The Kier molecular flexibility index (Phi) is 6.64. The molecule has 0 radical (unpaired) electrons. The van der Waals surface area contributed by atoms with Crippen LogP contribution in [0, 0.1) is 0 Å². The van der Waals surface area contributed by atoms with Crippen LogP contribution in [0.5, 0.6) is 5.75 Å². The lowest BCUT2D eigenvalue weighted by atomic mass is 10.1. The minimum absolute atomic E-state index is 0.351. The summed E-state index contributed by atoms with van der Waals surface area (Å²) in [6.45, 7) is 1.12. The number of benzene rings is 3. The number of nitrogens with one attached hydrogen (secondary N) is 2. The number of hydrogen-bond donors (Lipinski definition) is 2. The van der Waals surface area contributed by atoms with Crippen molar-refractivity contribution >= 4 is 34.2 Å². The fourth-order valence-corrected chi connectivity index (χ4v) is 2.88. The summed E-state index contributed by atoms with van der Waals surface area (Å²) >= 11 is 0. The van der Waals surface area contributed by atoms with Gasteiger partial charge in [0.25, 0.3) is 11.8 Å². The van der Waals surface area contributed by atoms with E-state index in [1.807, 2.05) is 36.4 Å². The minimum Gasteiger partial charge on any atom is -0.497 e. The van der Waals surface area contributed by atoms with Crippen LogP contribution in [0.1, 0.15) is 17.3 Å². The fraction of sp³-hybridized carbons (Fsp3) is 0.174. The van der Waals surface area contributed by atoms with Gasteiger partial charge in [-0.05, 0) is 36.6 Å². The smallest absolute Gasteiger partial charge is 0.326 e. The van der Waals surface area contributed by atoms with Gasteiger partial charge in [-0.25, -0.2) is 0 Å². The van der Waals surface area contributed by atoms with Gasteiger partial charge in [0.15, 0.2) is 6.10 Å². The molecule has 1 atom stereocenters. The maximum Gasteiger partial charge on any atom is 0.326 e. The third-order valence-electron chi connectivity index (χ3n) is 4.45. The molecule has 0 heterocycles. The van der Waals surface area contributed by atoms with Gasteiger partial charge < -0.3 is 20.1 Å². The third kappa shape index (κ3) is 5.14. The molecule has 0 aromatic heterocycles. The first-order valence-corrected chi connectivity index (χ1v) is 9.38. The molecule has 0 aliphatic carbocycles. The van der Waals surface area contributed by atoms with Crippen LogP contribution in [0.25, 0.3) is 10.8 Å². The van der Waals surface area contributed by atoms with Gasteiger partial charge in [0.2, 0.25) is 0 Å². The highest BCUT2D eigenvalue weighted by Crippen LogP contribution is 2.23. The van der Waals surface area contributed by atoms with Crippen LogP contribution in [-0.2, 0) is 14.3 Å². The van der Waals surface area contributed by atoms with Gasteiger partial charge in [0, 0.05) is 16.6 Å². The summed E-state index contributed by atoms with van der Waals surface area (Å²) in [5.41, 5.74) is 0.983. The lowest BCUT2D eigenvalue weighted by molar-refractivity contribution is -0.152. The topological polar surface area (TPSA) is 93.7 Å². The predicted octanol–water partition coefficient (Wildman–Crippen LogP) is 3.15. The average Bonchev–Trinajstić information content (AvgIpc) is 2.77. The number of carbonyl (C=O) groups is 3. The molecule has 7 nitrogen and oxygen atoms in total. The number of carbonyl (C=O) groups excluding carboxylic acids is 3. The zero-order valence-electron chi connectivity index (χ0n) is 16.7. The van der Waals surface area contributed by atoms with Crippen molar-refractivity contribution in [1.82, 2.24) is 5.32 Å². The molecule has 154 valence electrons. The normalized spacial score (nSPS) is 11.4. The van der Waals surface area contributed by atoms with E-state index in [-0.39, 0.29) is 6.54 Å². The highest BCUT2D eigenvalue weighted by molar-refractivity contribution is 6.04. The number of esters is 1. The van der Waals surface area contributed by atoms with Gasteiger partial charge >= 0.3 is 5.97 Å². The molecule has 0 aliphatic heterocycles. The first-order valence-electron chi connectivity index (χ1n) is 9.38. The molecule has 0 saturated heterocycles. The van der Waals surface area contributed by atoms with E-state index in [0.717, 1.165) is 10.8 Å². The second-order valence-electron chi connectivity index (χ2n) is 6.56. The van der Waals surface area contributed by atoms with Gasteiger partial charge in [-0.3, -0.25) is 14.4 Å². The number of ether oxygens (including phenoxy) is 2. The maximum absolute atomic E-state index is 12.4. The van der Waals surface area contributed by atoms with Crippen LogP contribution >= 0.6 is 0 Å². The SMILES string of the molecule is COc1cccc(C(=O)NCC(=O)O[C@@H](C)C(=O)Nc2cccc3ccccc23)c1. The molecular formula is C23H22N2O5. The lowest BCUT2D eigenvalue weighted by Crippen LogP contribution is -2.35. The van der Waals surface area contributed by atoms with Crippen LogP contribution in [0.3, 0.4) is 0 Å². The van der Waals surface area contributed by atoms with Crippen molar-refractivity contribution in [2.75, 3.05) is 19.0 Å². The number of methoxy groups -OCH3 is 1. The zero-order chi connectivity index (χ0) is 21.5. The monoisotopic (exact) mass is 406 g/mol. The molecule has 0 bridgehead atoms. The number of rotatable bonds is 7. The Morgan fingerprint density at radius 2 is 1.70 bits per heavy atom. The summed E-state index contributed by atoms with van der Waals surface area (Å²) in [7, 11) is 1.50. The molecule has 2 amide bonds. The van der Waals surface area contributed by atoms with Gasteiger partial charge in [-0.1, -0.05) is 42.5 Å². The molecule has 3 rings (SSSR count). The van der Waals surface area contributed by atoms with Crippen molar-refractivity contribution in [1.29, 1.82) is 0 Å². The number of hydrogen-bond acceptors (Lipinski definition) is 5. The summed E-state index contributed by atoms with van der Waals surface area (Å²) < 4.78 is 10.2. The Morgan fingerprint density at radius 3 is 2.50 bits per heavy atom. The Hall–Kier alpha value is -3.87. The van der Waals surface area contributed by atoms with E-state index in [2.05, 4.69) is 10.6 Å². The van der Waals surface area contributed by atoms with Crippen LogP contribution in [0.2, 0.25) is 0 Å². The molecule has 3 aromatic rings. The fourth-order valence-electron chi connectivity index (χ4n) is 2.88. The van der Waals surface area contributed by atoms with E-state index in [4.69, 9.17) is 9.47 Å². The summed E-state index contributed by atoms with van der Waals surface area (Å²) in [6, 6.07) is 19.7. The molecule has 0 saturated carbocycles. The highest BCUT2D eigenvalue weighted by atomic mass is 16.5. The van der Waals surface area contributed by atoms with Gasteiger partial charge in [0.1, 0.15) is 12.3 Å². The Morgan fingerprint density at radius 1 is 0.967 bits per heavy atom. The first-order chi connectivity index (χ1) is 14.5. The van der Waals surface area contributed by atoms with Crippen LogP contribution in [0.4, 0.5) is 5.69 Å². The van der Waals surface area contributed by atoms with Crippen molar-refractivity contribution in [2.24, 2.45) is 0 Å². The molecule has 0 fully saturated rings. The second kappa shape index (κ2) is 9.56.